The lowest BCUT2D eigenvalue weighted by molar-refractivity contribution is 0.199. The Morgan fingerprint density at radius 2 is 1.90 bits per heavy atom. The first kappa shape index (κ1) is 17.2. The van der Waals surface area contributed by atoms with Crippen LogP contribution in [0.2, 0.25) is 0 Å². The van der Waals surface area contributed by atoms with E-state index in [0.29, 0.717) is 31.9 Å². The van der Waals surface area contributed by atoms with Crippen molar-refractivity contribution in [3.05, 3.63) is 29.3 Å². The summed E-state index contributed by atoms with van der Waals surface area (Å²) in [7, 11) is 1.60. The lowest BCUT2D eigenvalue weighted by Crippen LogP contribution is -2.18. The van der Waals surface area contributed by atoms with Crippen molar-refractivity contribution >= 4 is 11.8 Å². The third kappa shape index (κ3) is 6.07. The van der Waals surface area contributed by atoms with Gasteiger partial charge in [-0.1, -0.05) is 0 Å². The first-order valence-corrected chi connectivity index (χ1v) is 7.87. The van der Waals surface area contributed by atoms with Gasteiger partial charge in [0, 0.05) is 20.2 Å². The molecule has 6 heteroatoms. The van der Waals surface area contributed by atoms with Crippen LogP contribution in [0.5, 0.6) is 5.75 Å². The maximum Gasteiger partial charge on any atom is 0.190 e. The molecule has 0 radical (unpaired) electrons. The summed E-state index contributed by atoms with van der Waals surface area (Å²) in [6, 6.07) is 2.60. The molecule has 0 fully saturated rings. The number of nitrogens with one attached hydrogen (secondary N) is 1. The van der Waals surface area contributed by atoms with E-state index in [1.165, 1.54) is 12.1 Å². The Balaban J connectivity index is 2.52. The molecule has 1 rings (SSSR count). The molecule has 0 aromatic heterocycles. The second kappa shape index (κ2) is 9.96. The number of rotatable bonds is 10. The first-order chi connectivity index (χ1) is 9.69. The van der Waals surface area contributed by atoms with E-state index in [1.807, 2.05) is 6.26 Å². The number of thioether (sulfide) groups is 1. The quantitative estimate of drug-likeness (QED) is 0.673. The maximum absolute atomic E-state index is 13.8. The number of ether oxygens (including phenoxy) is 2. The fraction of sp³-hybridized carbons (Fsp3) is 0.571. The van der Waals surface area contributed by atoms with Gasteiger partial charge in [0.1, 0.15) is 0 Å². The Bertz CT molecular complexity index is 382. The molecule has 0 atom stereocenters. The lowest BCUT2D eigenvalue weighted by atomic mass is 10.2. The zero-order valence-electron chi connectivity index (χ0n) is 11.9. The Hall–Kier alpha value is -0.850. The molecule has 0 aliphatic rings. The van der Waals surface area contributed by atoms with Gasteiger partial charge in [-0.3, -0.25) is 0 Å². The lowest BCUT2D eigenvalue weighted by Gasteiger charge is -2.10. The molecule has 0 amide bonds. The van der Waals surface area contributed by atoms with Crippen molar-refractivity contribution in [2.75, 3.05) is 38.9 Å². The SMILES string of the molecule is COCCNCc1cc(F)c(OCCCSC)c(F)c1. The zero-order chi connectivity index (χ0) is 14.8. The average molecular weight is 305 g/mol. The van der Waals surface area contributed by atoms with Gasteiger partial charge in [0.05, 0.1) is 13.2 Å². The molecule has 0 saturated heterocycles. The smallest absolute Gasteiger partial charge is 0.190 e. The zero-order valence-corrected chi connectivity index (χ0v) is 12.7. The second-order valence-electron chi connectivity index (χ2n) is 4.25. The normalized spacial score (nSPS) is 10.8. The Morgan fingerprint density at radius 3 is 2.50 bits per heavy atom. The minimum absolute atomic E-state index is 0.285. The topological polar surface area (TPSA) is 30.5 Å². The van der Waals surface area contributed by atoms with Gasteiger partial charge >= 0.3 is 0 Å². The molecule has 0 aliphatic carbocycles. The highest BCUT2D eigenvalue weighted by Gasteiger charge is 2.12. The highest BCUT2D eigenvalue weighted by Crippen LogP contribution is 2.23. The van der Waals surface area contributed by atoms with Gasteiger partial charge in [-0.05, 0) is 36.1 Å². The highest BCUT2D eigenvalue weighted by atomic mass is 32.2. The summed E-state index contributed by atoms with van der Waals surface area (Å²) in [5, 5.41) is 3.03. The molecule has 1 aromatic carbocycles. The third-order valence-corrected chi connectivity index (χ3v) is 3.31. The Labute approximate surface area is 123 Å². The van der Waals surface area contributed by atoms with Gasteiger partial charge in [0.25, 0.3) is 0 Å². The summed E-state index contributed by atoms with van der Waals surface area (Å²) in [5.41, 5.74) is 0.549. The van der Waals surface area contributed by atoms with Crippen LogP contribution in [-0.2, 0) is 11.3 Å². The molecule has 0 saturated carbocycles. The molecule has 0 bridgehead atoms. The molecule has 20 heavy (non-hydrogen) atoms. The van der Waals surface area contributed by atoms with Crippen molar-refractivity contribution in [3.63, 3.8) is 0 Å². The van der Waals surface area contributed by atoms with E-state index in [-0.39, 0.29) is 5.75 Å². The summed E-state index contributed by atoms with van der Waals surface area (Å²) in [6.07, 6.45) is 2.74. The predicted octanol–water partition coefficient (Wildman–Crippen LogP) is 2.83. The highest BCUT2D eigenvalue weighted by molar-refractivity contribution is 7.98. The standard InChI is InChI=1S/C14H21F2NO2S/c1-18-6-4-17-10-11-8-12(15)14(13(16)9-11)19-5-3-7-20-2/h8-9,17H,3-7,10H2,1-2H3. The van der Waals surface area contributed by atoms with E-state index in [4.69, 9.17) is 9.47 Å². The van der Waals surface area contributed by atoms with Crippen LogP contribution in [-0.4, -0.2) is 38.9 Å². The summed E-state index contributed by atoms with van der Waals surface area (Å²) in [5.74, 6) is -0.688. The second-order valence-corrected chi connectivity index (χ2v) is 5.24. The van der Waals surface area contributed by atoms with E-state index in [9.17, 15) is 8.78 Å². The molecular weight excluding hydrogens is 284 g/mol. The number of benzene rings is 1. The minimum atomic E-state index is -0.655. The number of methoxy groups -OCH3 is 1. The monoisotopic (exact) mass is 305 g/mol. The van der Waals surface area contributed by atoms with E-state index in [2.05, 4.69) is 5.32 Å². The fourth-order valence-corrected chi connectivity index (χ4v) is 2.04. The molecular formula is C14H21F2NO2S. The van der Waals surface area contributed by atoms with Crippen molar-refractivity contribution in [3.8, 4) is 5.75 Å². The Morgan fingerprint density at radius 1 is 1.20 bits per heavy atom. The number of hydrogen-bond donors (Lipinski definition) is 1. The largest absolute Gasteiger partial charge is 0.488 e. The molecule has 0 spiro atoms. The Kier molecular flexibility index (Phi) is 8.57. The number of halogens is 2. The summed E-state index contributed by atoms with van der Waals surface area (Å²) in [6.45, 7) is 1.90. The summed E-state index contributed by atoms with van der Waals surface area (Å²) >= 11 is 1.67. The maximum atomic E-state index is 13.8. The molecule has 0 aliphatic heterocycles. The minimum Gasteiger partial charge on any atom is -0.488 e. The summed E-state index contributed by atoms with van der Waals surface area (Å²) < 4.78 is 37.6. The van der Waals surface area contributed by atoms with E-state index >= 15 is 0 Å². The molecule has 1 aromatic rings. The van der Waals surface area contributed by atoms with Gasteiger partial charge in [0.15, 0.2) is 17.4 Å². The van der Waals surface area contributed by atoms with Crippen LogP contribution >= 0.6 is 11.8 Å². The molecule has 1 N–H and O–H groups in total. The third-order valence-electron chi connectivity index (χ3n) is 2.61. The predicted molar refractivity (Wildman–Crippen MR) is 78.4 cm³/mol. The van der Waals surface area contributed by atoms with Crippen LogP contribution in [0, 0.1) is 11.6 Å². The van der Waals surface area contributed by atoms with Crippen molar-refractivity contribution < 1.29 is 18.3 Å². The number of hydrogen-bond acceptors (Lipinski definition) is 4. The fourth-order valence-electron chi connectivity index (χ4n) is 1.64. The van der Waals surface area contributed by atoms with Crippen LogP contribution in [0.15, 0.2) is 12.1 Å². The van der Waals surface area contributed by atoms with E-state index in [1.54, 1.807) is 18.9 Å². The van der Waals surface area contributed by atoms with Crippen LogP contribution < -0.4 is 10.1 Å². The van der Waals surface area contributed by atoms with Crippen molar-refractivity contribution in [2.45, 2.75) is 13.0 Å². The molecule has 3 nitrogen and oxygen atoms in total. The van der Waals surface area contributed by atoms with Gasteiger partial charge in [0.2, 0.25) is 0 Å². The van der Waals surface area contributed by atoms with Gasteiger partial charge in [-0.25, -0.2) is 8.78 Å². The van der Waals surface area contributed by atoms with E-state index in [0.717, 1.165) is 12.2 Å². The molecule has 0 unspecified atom stereocenters. The van der Waals surface area contributed by atoms with Crippen LogP contribution in [0.1, 0.15) is 12.0 Å². The van der Waals surface area contributed by atoms with Gasteiger partial charge in [-0.2, -0.15) is 11.8 Å². The summed E-state index contributed by atoms with van der Waals surface area (Å²) in [4.78, 5) is 0. The van der Waals surface area contributed by atoms with Crippen LogP contribution in [0.3, 0.4) is 0 Å². The molecule has 114 valence electrons. The van der Waals surface area contributed by atoms with Crippen LogP contribution in [0.4, 0.5) is 8.78 Å². The average Bonchev–Trinajstić information content (AvgIpc) is 2.42. The van der Waals surface area contributed by atoms with E-state index < -0.39 is 11.6 Å². The van der Waals surface area contributed by atoms with Gasteiger partial charge in [-0.15, -0.1) is 0 Å². The molecule has 0 heterocycles. The van der Waals surface area contributed by atoms with Gasteiger partial charge < -0.3 is 14.8 Å². The van der Waals surface area contributed by atoms with Crippen molar-refractivity contribution in [1.29, 1.82) is 0 Å². The first-order valence-electron chi connectivity index (χ1n) is 6.48. The van der Waals surface area contributed by atoms with Crippen molar-refractivity contribution in [1.82, 2.24) is 5.32 Å². The van der Waals surface area contributed by atoms with Crippen molar-refractivity contribution in [2.24, 2.45) is 0 Å². The van der Waals surface area contributed by atoms with Crippen LogP contribution in [0.25, 0.3) is 0 Å².